The number of aliphatic hydroxyl groups excluding tert-OH is 1. The maximum atomic E-state index is 13.4. The van der Waals surface area contributed by atoms with Crippen LogP contribution in [-0.4, -0.2) is 17.5 Å². The van der Waals surface area contributed by atoms with Gasteiger partial charge >= 0.3 is 0 Å². The monoisotopic (exact) mass is 214 g/mol. The maximum absolute atomic E-state index is 13.4. The highest BCUT2D eigenvalue weighted by Crippen LogP contribution is 2.24. The lowest BCUT2D eigenvalue weighted by Crippen LogP contribution is -2.06. The molecule has 0 saturated heterocycles. The van der Waals surface area contributed by atoms with Crippen molar-refractivity contribution in [2.45, 2.75) is 31.3 Å². The maximum Gasteiger partial charge on any atom is 0.126 e. The zero-order chi connectivity index (χ0) is 10.7. The SMILES string of the molecule is CSc1cc(CC(C)O)c(F)cc1C. The molecule has 0 aliphatic carbocycles. The first-order chi connectivity index (χ1) is 6.54. The third-order valence-electron chi connectivity index (χ3n) is 2.08. The van der Waals surface area contributed by atoms with E-state index in [2.05, 4.69) is 0 Å². The summed E-state index contributed by atoms with van der Waals surface area (Å²) in [6, 6.07) is 3.35. The summed E-state index contributed by atoms with van der Waals surface area (Å²) in [5.74, 6) is -0.221. The minimum absolute atomic E-state index is 0.221. The second kappa shape index (κ2) is 4.80. The van der Waals surface area contributed by atoms with Crippen molar-refractivity contribution in [3.8, 4) is 0 Å². The highest BCUT2D eigenvalue weighted by atomic mass is 32.2. The van der Waals surface area contributed by atoms with Crippen LogP contribution in [0.3, 0.4) is 0 Å². The Morgan fingerprint density at radius 3 is 2.64 bits per heavy atom. The van der Waals surface area contributed by atoms with Crippen LogP contribution in [0.5, 0.6) is 0 Å². The van der Waals surface area contributed by atoms with Crippen LogP contribution < -0.4 is 0 Å². The molecule has 0 spiro atoms. The van der Waals surface area contributed by atoms with Crippen LogP contribution in [0.15, 0.2) is 17.0 Å². The Hall–Kier alpha value is -0.540. The number of halogens is 1. The fraction of sp³-hybridized carbons (Fsp3) is 0.455. The van der Waals surface area contributed by atoms with Crippen LogP contribution in [0.1, 0.15) is 18.1 Å². The van der Waals surface area contributed by atoms with E-state index in [9.17, 15) is 9.50 Å². The minimum Gasteiger partial charge on any atom is -0.393 e. The molecule has 1 atom stereocenters. The number of hydrogen-bond acceptors (Lipinski definition) is 2. The fourth-order valence-corrected chi connectivity index (χ4v) is 2.03. The van der Waals surface area contributed by atoms with Crippen LogP contribution >= 0.6 is 11.8 Å². The van der Waals surface area contributed by atoms with E-state index in [0.29, 0.717) is 12.0 Å². The van der Waals surface area contributed by atoms with Crippen molar-refractivity contribution in [1.82, 2.24) is 0 Å². The van der Waals surface area contributed by atoms with E-state index in [-0.39, 0.29) is 5.82 Å². The predicted molar refractivity (Wildman–Crippen MR) is 58.3 cm³/mol. The molecule has 0 saturated carbocycles. The number of benzene rings is 1. The summed E-state index contributed by atoms with van der Waals surface area (Å²) in [5.41, 5.74) is 1.54. The molecule has 1 aromatic rings. The molecule has 1 N–H and O–H groups in total. The number of hydrogen-bond donors (Lipinski definition) is 1. The lowest BCUT2D eigenvalue weighted by atomic mass is 10.1. The molecule has 0 radical (unpaired) electrons. The van der Waals surface area contributed by atoms with Crippen molar-refractivity contribution >= 4 is 11.8 Å². The molecule has 78 valence electrons. The molecule has 0 aromatic heterocycles. The van der Waals surface area contributed by atoms with Gasteiger partial charge in [0.05, 0.1) is 6.10 Å². The topological polar surface area (TPSA) is 20.2 Å². The Balaban J connectivity index is 3.04. The summed E-state index contributed by atoms with van der Waals surface area (Å²) in [5, 5.41) is 9.19. The molecule has 1 nitrogen and oxygen atoms in total. The number of aryl methyl sites for hydroxylation is 1. The van der Waals surface area contributed by atoms with Gasteiger partial charge in [0, 0.05) is 11.3 Å². The van der Waals surface area contributed by atoms with Gasteiger partial charge in [-0.3, -0.25) is 0 Å². The summed E-state index contributed by atoms with van der Waals surface area (Å²) >= 11 is 1.60. The average molecular weight is 214 g/mol. The number of aliphatic hydroxyl groups is 1. The van der Waals surface area contributed by atoms with E-state index in [0.717, 1.165) is 10.5 Å². The van der Waals surface area contributed by atoms with Gasteiger partial charge in [0.15, 0.2) is 0 Å². The molecule has 3 heteroatoms. The molecule has 1 unspecified atom stereocenters. The second-order valence-corrected chi connectivity index (χ2v) is 4.31. The summed E-state index contributed by atoms with van der Waals surface area (Å²) in [6.45, 7) is 3.55. The summed E-state index contributed by atoms with van der Waals surface area (Å²) in [6.07, 6.45) is 1.84. The summed E-state index contributed by atoms with van der Waals surface area (Å²) in [7, 11) is 0. The minimum atomic E-state index is -0.498. The third kappa shape index (κ3) is 2.72. The predicted octanol–water partition coefficient (Wildman–Crippen LogP) is 2.78. The summed E-state index contributed by atoms with van der Waals surface area (Å²) in [4.78, 5) is 1.07. The highest BCUT2D eigenvalue weighted by molar-refractivity contribution is 7.98. The second-order valence-electron chi connectivity index (χ2n) is 3.47. The Bertz CT molecular complexity index is 323. The van der Waals surface area contributed by atoms with Gasteiger partial charge < -0.3 is 5.11 Å². The molecular weight excluding hydrogens is 199 g/mol. The van der Waals surface area contributed by atoms with Gasteiger partial charge in [-0.25, -0.2) is 4.39 Å². The Morgan fingerprint density at radius 2 is 2.14 bits per heavy atom. The van der Waals surface area contributed by atoms with Crippen molar-refractivity contribution in [3.05, 3.63) is 29.1 Å². The van der Waals surface area contributed by atoms with Gasteiger partial charge in [-0.1, -0.05) is 0 Å². The van der Waals surface area contributed by atoms with Crippen molar-refractivity contribution in [1.29, 1.82) is 0 Å². The van der Waals surface area contributed by atoms with Gasteiger partial charge in [-0.2, -0.15) is 0 Å². The van der Waals surface area contributed by atoms with E-state index < -0.39 is 6.10 Å². The van der Waals surface area contributed by atoms with E-state index >= 15 is 0 Å². The standard InChI is InChI=1S/C11H15FOS/c1-7-4-10(12)9(5-8(2)13)6-11(7)14-3/h4,6,8,13H,5H2,1-3H3. The first-order valence-corrected chi connectivity index (χ1v) is 5.78. The molecule has 0 heterocycles. The molecule has 1 aromatic carbocycles. The largest absolute Gasteiger partial charge is 0.393 e. The normalized spacial score (nSPS) is 12.9. The molecule has 0 bridgehead atoms. The van der Waals surface area contributed by atoms with Crippen LogP contribution in [0.25, 0.3) is 0 Å². The number of thioether (sulfide) groups is 1. The van der Waals surface area contributed by atoms with Gasteiger partial charge in [0.1, 0.15) is 5.82 Å². The Morgan fingerprint density at radius 1 is 1.50 bits per heavy atom. The van der Waals surface area contributed by atoms with E-state index in [1.54, 1.807) is 18.7 Å². The average Bonchev–Trinajstić information content (AvgIpc) is 2.09. The van der Waals surface area contributed by atoms with Gasteiger partial charge in [-0.15, -0.1) is 11.8 Å². The fourth-order valence-electron chi connectivity index (χ4n) is 1.39. The quantitative estimate of drug-likeness (QED) is 0.781. The van der Waals surface area contributed by atoms with Crippen LogP contribution in [0.4, 0.5) is 4.39 Å². The Kier molecular flexibility index (Phi) is 3.96. The van der Waals surface area contributed by atoms with Crippen molar-refractivity contribution in [2.75, 3.05) is 6.26 Å². The molecule has 0 fully saturated rings. The smallest absolute Gasteiger partial charge is 0.126 e. The van der Waals surface area contributed by atoms with Gasteiger partial charge in [0.25, 0.3) is 0 Å². The van der Waals surface area contributed by atoms with Crippen LogP contribution in [0.2, 0.25) is 0 Å². The molecule has 0 amide bonds. The van der Waals surface area contributed by atoms with Gasteiger partial charge in [0.2, 0.25) is 0 Å². The molecule has 0 aliphatic heterocycles. The number of rotatable bonds is 3. The van der Waals surface area contributed by atoms with Crippen molar-refractivity contribution in [3.63, 3.8) is 0 Å². The Labute approximate surface area is 88.3 Å². The first kappa shape index (κ1) is 11.5. The zero-order valence-electron chi connectivity index (χ0n) is 8.67. The van der Waals surface area contributed by atoms with E-state index in [4.69, 9.17) is 0 Å². The van der Waals surface area contributed by atoms with Gasteiger partial charge in [-0.05, 0) is 43.4 Å². The van der Waals surface area contributed by atoms with Crippen LogP contribution in [-0.2, 0) is 6.42 Å². The molecule has 1 rings (SSSR count). The lowest BCUT2D eigenvalue weighted by molar-refractivity contribution is 0.194. The first-order valence-electron chi connectivity index (χ1n) is 4.55. The summed E-state index contributed by atoms with van der Waals surface area (Å²) < 4.78 is 13.4. The molecule has 0 aliphatic rings. The highest BCUT2D eigenvalue weighted by Gasteiger charge is 2.08. The van der Waals surface area contributed by atoms with E-state index in [1.165, 1.54) is 6.07 Å². The lowest BCUT2D eigenvalue weighted by Gasteiger charge is -2.09. The molecule has 14 heavy (non-hydrogen) atoms. The van der Waals surface area contributed by atoms with Crippen molar-refractivity contribution < 1.29 is 9.50 Å². The molecular formula is C11H15FOS. The zero-order valence-corrected chi connectivity index (χ0v) is 9.49. The van der Waals surface area contributed by atoms with Crippen LogP contribution in [0, 0.1) is 12.7 Å². The van der Waals surface area contributed by atoms with Crippen molar-refractivity contribution in [2.24, 2.45) is 0 Å². The van der Waals surface area contributed by atoms with E-state index in [1.807, 2.05) is 19.2 Å². The third-order valence-corrected chi connectivity index (χ3v) is 2.96.